The number of unbranched alkanes of at least 4 members (excludes halogenated alkanes) is 1. The maximum atomic E-state index is 11.3. The number of aryl methyl sites for hydroxylation is 1. The molecule has 6 heteroatoms. The van der Waals surface area contributed by atoms with Gasteiger partial charge in [0, 0.05) is 12.6 Å². The molecule has 0 heterocycles. The van der Waals surface area contributed by atoms with Crippen molar-refractivity contribution in [3.8, 4) is 11.5 Å². The summed E-state index contributed by atoms with van der Waals surface area (Å²) >= 11 is 0. The average Bonchev–Trinajstić information content (AvgIpc) is 2.51. The highest BCUT2D eigenvalue weighted by Crippen LogP contribution is 2.24. The van der Waals surface area contributed by atoms with E-state index in [2.05, 4.69) is 0 Å². The number of rotatable bonds is 9. The lowest BCUT2D eigenvalue weighted by Gasteiger charge is -2.28. The van der Waals surface area contributed by atoms with Gasteiger partial charge in [0.25, 0.3) is 0 Å². The summed E-state index contributed by atoms with van der Waals surface area (Å²) in [7, 11) is -4.73. The van der Waals surface area contributed by atoms with Crippen LogP contribution in [0.5, 0.6) is 11.5 Å². The van der Waals surface area contributed by atoms with E-state index in [1.54, 1.807) is 0 Å². The van der Waals surface area contributed by atoms with E-state index in [4.69, 9.17) is 4.74 Å². The number of ether oxygens (including phenoxy) is 1. The summed E-state index contributed by atoms with van der Waals surface area (Å²) in [5.41, 5.74) is 1.08. The molecule has 0 spiro atoms. The van der Waals surface area contributed by atoms with E-state index in [1.807, 2.05) is 54.6 Å². The van der Waals surface area contributed by atoms with Crippen LogP contribution in [0.3, 0.4) is 0 Å². The first-order valence-electron chi connectivity index (χ1n) is 7.77. The fourth-order valence-corrected chi connectivity index (χ4v) is 2.93. The number of benzene rings is 2. The van der Waals surface area contributed by atoms with Crippen molar-refractivity contribution in [3.63, 3.8) is 0 Å². The van der Waals surface area contributed by atoms with Crippen LogP contribution in [0.15, 0.2) is 54.6 Å². The van der Waals surface area contributed by atoms with Gasteiger partial charge in [-0.15, -0.1) is 0 Å². The summed E-state index contributed by atoms with van der Waals surface area (Å²) in [5.74, 6) is 0.998. The molecule has 2 rings (SSSR count). The van der Waals surface area contributed by atoms with Gasteiger partial charge in [0.05, 0.1) is 0 Å². The minimum absolute atomic E-state index is 0.120. The van der Waals surface area contributed by atoms with Gasteiger partial charge < -0.3 is 19.1 Å². The van der Waals surface area contributed by atoms with Crippen molar-refractivity contribution in [2.45, 2.75) is 25.7 Å². The molecule has 0 aliphatic carbocycles. The molecular formula is C18H19O5P-2. The van der Waals surface area contributed by atoms with Gasteiger partial charge in [-0.1, -0.05) is 37.9 Å². The quantitative estimate of drug-likeness (QED) is 0.514. The van der Waals surface area contributed by atoms with Crippen LogP contribution in [-0.2, 0) is 15.8 Å². The van der Waals surface area contributed by atoms with E-state index in [0.717, 1.165) is 29.9 Å². The Morgan fingerprint density at radius 3 is 2.38 bits per heavy atom. The Morgan fingerprint density at radius 1 is 0.958 bits per heavy atom. The lowest BCUT2D eigenvalue weighted by atomic mass is 10.1. The third-order valence-corrected chi connectivity index (χ3v) is 4.16. The summed E-state index contributed by atoms with van der Waals surface area (Å²) < 4.78 is 16.3. The SMILES string of the molecule is O=C(CCCCc1cccc(Oc2ccccc2)c1)CP(=O)([O-])[O-]. The fraction of sp³-hybridized carbons (Fsp3) is 0.278. The molecule has 0 aromatic heterocycles. The third-order valence-electron chi connectivity index (χ3n) is 3.42. The van der Waals surface area contributed by atoms with E-state index in [-0.39, 0.29) is 6.42 Å². The number of Topliss-reactive ketones (excluding diaryl/α,β-unsaturated/α-hetero) is 1. The Bertz CT molecular complexity index is 708. The number of carbonyl (C=O) groups is 1. The zero-order valence-electron chi connectivity index (χ0n) is 13.2. The monoisotopic (exact) mass is 346 g/mol. The second kappa shape index (κ2) is 8.78. The first-order valence-corrected chi connectivity index (χ1v) is 9.50. The molecule has 0 saturated heterocycles. The zero-order valence-corrected chi connectivity index (χ0v) is 14.1. The van der Waals surface area contributed by atoms with Crippen LogP contribution in [0.1, 0.15) is 24.8 Å². The Hall–Kier alpha value is -1.94. The van der Waals surface area contributed by atoms with Crippen molar-refractivity contribution < 1.29 is 23.9 Å². The van der Waals surface area contributed by atoms with E-state index in [1.165, 1.54) is 0 Å². The second-order valence-electron chi connectivity index (χ2n) is 5.58. The van der Waals surface area contributed by atoms with Crippen molar-refractivity contribution in [2.24, 2.45) is 0 Å². The maximum absolute atomic E-state index is 11.3. The molecule has 0 aliphatic heterocycles. The molecule has 2 aromatic carbocycles. The molecule has 0 amide bonds. The molecule has 0 fully saturated rings. The molecule has 0 N–H and O–H groups in total. The first kappa shape index (κ1) is 18.4. The molecule has 0 aliphatic rings. The smallest absolute Gasteiger partial charge is 0.137 e. The number of para-hydroxylation sites is 1. The average molecular weight is 346 g/mol. The maximum Gasteiger partial charge on any atom is 0.137 e. The summed E-state index contributed by atoms with van der Waals surface area (Å²) in [6, 6.07) is 17.2. The van der Waals surface area contributed by atoms with Gasteiger partial charge in [0.2, 0.25) is 0 Å². The molecular weight excluding hydrogens is 327 g/mol. The van der Waals surface area contributed by atoms with Gasteiger partial charge in [-0.25, -0.2) is 0 Å². The van der Waals surface area contributed by atoms with Gasteiger partial charge in [-0.05, 0) is 49.1 Å². The topological polar surface area (TPSA) is 89.5 Å². The van der Waals surface area contributed by atoms with Gasteiger partial charge in [0.15, 0.2) is 0 Å². The highest BCUT2D eigenvalue weighted by atomic mass is 31.2. The molecule has 0 bridgehead atoms. The number of ketones is 1. The lowest BCUT2D eigenvalue weighted by molar-refractivity contribution is -0.312. The van der Waals surface area contributed by atoms with Gasteiger partial charge in [0.1, 0.15) is 17.3 Å². The Balaban J connectivity index is 1.78. The fourth-order valence-electron chi connectivity index (χ4n) is 2.34. The number of hydrogen-bond donors (Lipinski definition) is 0. The zero-order chi connectivity index (χ0) is 17.4. The van der Waals surface area contributed by atoms with Crippen LogP contribution in [-0.4, -0.2) is 11.9 Å². The van der Waals surface area contributed by atoms with Gasteiger partial charge in [-0.3, -0.25) is 4.79 Å². The number of carbonyl (C=O) groups excluding carboxylic acids is 1. The van der Waals surface area contributed by atoms with Gasteiger partial charge in [-0.2, -0.15) is 0 Å². The van der Waals surface area contributed by atoms with Crippen LogP contribution in [0, 0.1) is 0 Å². The summed E-state index contributed by atoms with van der Waals surface area (Å²) in [6.45, 7) is 0. The molecule has 128 valence electrons. The van der Waals surface area contributed by atoms with Gasteiger partial charge >= 0.3 is 0 Å². The van der Waals surface area contributed by atoms with Crippen LogP contribution in [0.2, 0.25) is 0 Å². The van der Waals surface area contributed by atoms with Crippen LogP contribution < -0.4 is 14.5 Å². The minimum Gasteiger partial charge on any atom is -0.810 e. The molecule has 5 nitrogen and oxygen atoms in total. The minimum atomic E-state index is -4.73. The highest BCUT2D eigenvalue weighted by molar-refractivity contribution is 7.49. The summed E-state index contributed by atoms with van der Waals surface area (Å²) in [6.07, 6.45) is 1.29. The van der Waals surface area contributed by atoms with Crippen molar-refractivity contribution in [1.82, 2.24) is 0 Å². The van der Waals surface area contributed by atoms with Crippen molar-refractivity contribution >= 4 is 13.4 Å². The molecule has 0 unspecified atom stereocenters. The summed E-state index contributed by atoms with van der Waals surface area (Å²) in [4.78, 5) is 32.4. The lowest BCUT2D eigenvalue weighted by Crippen LogP contribution is -2.21. The normalized spacial score (nSPS) is 11.2. The predicted molar refractivity (Wildman–Crippen MR) is 88.0 cm³/mol. The van der Waals surface area contributed by atoms with Crippen molar-refractivity contribution in [2.75, 3.05) is 6.16 Å². The standard InChI is InChI=1S/C18H21O5P/c19-16(14-24(20,21)22)9-5-4-7-15-8-6-12-18(13-15)23-17-10-2-1-3-11-17/h1-3,6,8,10-13H,4-5,7,9,14H2,(H2,20,21,22)/p-2. The molecule has 0 atom stereocenters. The molecule has 2 aromatic rings. The van der Waals surface area contributed by atoms with E-state index in [0.29, 0.717) is 6.42 Å². The second-order valence-corrected chi connectivity index (χ2v) is 7.12. The third kappa shape index (κ3) is 7.09. The Kier molecular flexibility index (Phi) is 6.73. The van der Waals surface area contributed by atoms with E-state index in [9.17, 15) is 19.1 Å². The Morgan fingerprint density at radius 2 is 1.67 bits per heavy atom. The predicted octanol–water partition coefficient (Wildman–Crippen LogP) is 2.67. The molecule has 24 heavy (non-hydrogen) atoms. The van der Waals surface area contributed by atoms with E-state index < -0.39 is 19.5 Å². The number of hydrogen-bond acceptors (Lipinski definition) is 5. The van der Waals surface area contributed by atoms with Crippen molar-refractivity contribution in [3.05, 3.63) is 60.2 Å². The van der Waals surface area contributed by atoms with E-state index >= 15 is 0 Å². The van der Waals surface area contributed by atoms with Crippen LogP contribution >= 0.6 is 7.60 Å². The van der Waals surface area contributed by atoms with Crippen LogP contribution in [0.4, 0.5) is 0 Å². The Labute approximate surface area is 141 Å². The van der Waals surface area contributed by atoms with Crippen LogP contribution in [0.25, 0.3) is 0 Å². The summed E-state index contributed by atoms with van der Waals surface area (Å²) in [5, 5.41) is 0. The first-order chi connectivity index (χ1) is 11.4. The highest BCUT2D eigenvalue weighted by Gasteiger charge is 2.05. The molecule has 0 saturated carbocycles. The largest absolute Gasteiger partial charge is 0.810 e. The molecule has 0 radical (unpaired) electrons. The van der Waals surface area contributed by atoms with Crippen molar-refractivity contribution in [1.29, 1.82) is 0 Å².